The van der Waals surface area contributed by atoms with Crippen LogP contribution in [0.15, 0.2) is 48.5 Å². The van der Waals surface area contributed by atoms with Gasteiger partial charge in [-0.25, -0.2) is 0 Å². The largest absolute Gasteiger partial charge is 0.485 e. The minimum Gasteiger partial charge on any atom is -0.485 e. The van der Waals surface area contributed by atoms with E-state index in [-0.39, 0.29) is 11.9 Å². The third-order valence-electron chi connectivity index (χ3n) is 3.45. The Morgan fingerprint density at radius 2 is 1.67 bits per heavy atom. The van der Waals surface area contributed by atoms with E-state index in [9.17, 15) is 4.79 Å². The van der Waals surface area contributed by atoms with Crippen LogP contribution in [0.25, 0.3) is 0 Å². The predicted molar refractivity (Wildman–Crippen MR) is 86.3 cm³/mol. The zero-order valence-electron chi connectivity index (χ0n) is 13.0. The smallest absolute Gasteiger partial charge is 0.163 e. The molecule has 110 valence electrons. The topological polar surface area (TPSA) is 29.5 Å². The Kier molecular flexibility index (Phi) is 4.63. The summed E-state index contributed by atoms with van der Waals surface area (Å²) in [6, 6.07) is 15.6. The molecule has 0 aliphatic rings. The minimum atomic E-state index is -0.110. The molecule has 0 fully saturated rings. The Bertz CT molecular complexity index is 617. The van der Waals surface area contributed by atoms with Crippen molar-refractivity contribution in [3.63, 3.8) is 0 Å². The van der Waals surface area contributed by atoms with E-state index in [0.717, 1.165) is 11.3 Å². The SMILES string of the molecule is CC(=O)c1ccccc1OC(C)c1ccc(N(C)C)cc1. The second-order valence-electron chi connectivity index (χ2n) is 5.30. The number of rotatable bonds is 5. The number of benzene rings is 2. The second-order valence-corrected chi connectivity index (χ2v) is 5.30. The van der Waals surface area contributed by atoms with Gasteiger partial charge < -0.3 is 9.64 Å². The number of Topliss-reactive ketones (excluding diaryl/α,β-unsaturated/α-hetero) is 1. The number of hydrogen-bond acceptors (Lipinski definition) is 3. The van der Waals surface area contributed by atoms with Crippen LogP contribution < -0.4 is 9.64 Å². The van der Waals surface area contributed by atoms with Crippen LogP contribution in [0.5, 0.6) is 5.75 Å². The van der Waals surface area contributed by atoms with Gasteiger partial charge in [0.05, 0.1) is 5.56 Å². The molecule has 0 heterocycles. The van der Waals surface area contributed by atoms with Gasteiger partial charge in [0.2, 0.25) is 0 Å². The van der Waals surface area contributed by atoms with Crippen molar-refractivity contribution >= 4 is 11.5 Å². The first-order valence-corrected chi connectivity index (χ1v) is 7.03. The van der Waals surface area contributed by atoms with Crippen LogP contribution in [0.2, 0.25) is 0 Å². The van der Waals surface area contributed by atoms with Gasteiger partial charge in [-0.15, -0.1) is 0 Å². The molecule has 0 saturated heterocycles. The summed E-state index contributed by atoms with van der Waals surface area (Å²) in [6.07, 6.45) is -0.110. The average Bonchev–Trinajstić information content (AvgIpc) is 2.47. The standard InChI is InChI=1S/C18H21NO2/c1-13(20)17-7-5-6-8-18(17)21-14(2)15-9-11-16(12-10-15)19(3)4/h5-12,14H,1-4H3. The Hall–Kier alpha value is -2.29. The molecule has 1 atom stereocenters. The number of ketones is 1. The van der Waals surface area contributed by atoms with E-state index in [2.05, 4.69) is 29.2 Å². The number of para-hydroxylation sites is 1. The third-order valence-corrected chi connectivity index (χ3v) is 3.45. The van der Waals surface area contributed by atoms with E-state index < -0.39 is 0 Å². The normalized spacial score (nSPS) is 11.8. The highest BCUT2D eigenvalue weighted by molar-refractivity contribution is 5.96. The highest BCUT2D eigenvalue weighted by atomic mass is 16.5. The molecule has 0 aromatic heterocycles. The molecule has 0 aliphatic carbocycles. The maximum absolute atomic E-state index is 11.6. The third kappa shape index (κ3) is 3.63. The number of carbonyl (C=O) groups excluding carboxylic acids is 1. The van der Waals surface area contributed by atoms with E-state index >= 15 is 0 Å². The number of hydrogen-bond donors (Lipinski definition) is 0. The second kappa shape index (κ2) is 6.44. The quantitative estimate of drug-likeness (QED) is 0.774. The fourth-order valence-corrected chi connectivity index (χ4v) is 2.16. The van der Waals surface area contributed by atoms with Gasteiger partial charge >= 0.3 is 0 Å². The number of anilines is 1. The van der Waals surface area contributed by atoms with E-state index in [1.807, 2.05) is 39.2 Å². The van der Waals surface area contributed by atoms with Crippen LogP contribution in [0.3, 0.4) is 0 Å². The molecule has 0 radical (unpaired) electrons. The zero-order valence-corrected chi connectivity index (χ0v) is 13.0. The van der Waals surface area contributed by atoms with Gasteiger partial charge in [-0.05, 0) is 43.7 Å². The molecule has 0 bridgehead atoms. The van der Waals surface area contributed by atoms with E-state index in [4.69, 9.17) is 4.74 Å². The molecular formula is C18H21NO2. The molecular weight excluding hydrogens is 262 g/mol. The lowest BCUT2D eigenvalue weighted by molar-refractivity contribution is 0.101. The Morgan fingerprint density at radius 1 is 1.05 bits per heavy atom. The molecule has 2 aromatic carbocycles. The van der Waals surface area contributed by atoms with Gasteiger partial charge in [0.25, 0.3) is 0 Å². The first kappa shape index (κ1) is 15.1. The maximum atomic E-state index is 11.6. The van der Waals surface area contributed by atoms with Gasteiger partial charge in [0.1, 0.15) is 11.9 Å². The molecule has 0 spiro atoms. The fourth-order valence-electron chi connectivity index (χ4n) is 2.16. The maximum Gasteiger partial charge on any atom is 0.163 e. The summed E-state index contributed by atoms with van der Waals surface area (Å²) in [5, 5.41) is 0. The molecule has 0 saturated carbocycles. The van der Waals surface area contributed by atoms with E-state index in [1.165, 1.54) is 0 Å². The summed E-state index contributed by atoms with van der Waals surface area (Å²) in [4.78, 5) is 13.7. The van der Waals surface area contributed by atoms with Crippen molar-refractivity contribution in [3.05, 3.63) is 59.7 Å². The lowest BCUT2D eigenvalue weighted by Gasteiger charge is -2.18. The van der Waals surface area contributed by atoms with Crippen molar-refractivity contribution in [2.24, 2.45) is 0 Å². The van der Waals surface area contributed by atoms with Crippen molar-refractivity contribution in [1.82, 2.24) is 0 Å². The van der Waals surface area contributed by atoms with Gasteiger partial charge in [-0.3, -0.25) is 4.79 Å². The monoisotopic (exact) mass is 283 g/mol. The predicted octanol–water partition coefficient (Wildman–Crippen LogP) is 4.10. The van der Waals surface area contributed by atoms with Crippen LogP contribution in [0.1, 0.15) is 35.9 Å². The molecule has 0 amide bonds. The molecule has 2 aromatic rings. The van der Waals surface area contributed by atoms with Gasteiger partial charge in [0, 0.05) is 19.8 Å². The lowest BCUT2D eigenvalue weighted by Crippen LogP contribution is -2.09. The summed E-state index contributed by atoms with van der Waals surface area (Å²) in [7, 11) is 4.02. The van der Waals surface area contributed by atoms with Crippen molar-refractivity contribution in [1.29, 1.82) is 0 Å². The Labute approximate surface area is 126 Å². The molecule has 0 aliphatic heterocycles. The van der Waals surface area contributed by atoms with Crippen molar-refractivity contribution in [3.8, 4) is 5.75 Å². The van der Waals surface area contributed by atoms with Crippen molar-refractivity contribution < 1.29 is 9.53 Å². The van der Waals surface area contributed by atoms with Crippen LogP contribution in [0.4, 0.5) is 5.69 Å². The van der Waals surface area contributed by atoms with Crippen molar-refractivity contribution in [2.45, 2.75) is 20.0 Å². The summed E-state index contributed by atoms with van der Waals surface area (Å²) in [5.74, 6) is 0.648. The molecule has 3 heteroatoms. The van der Waals surface area contributed by atoms with Crippen LogP contribution in [0, 0.1) is 0 Å². The first-order valence-electron chi connectivity index (χ1n) is 7.03. The highest BCUT2D eigenvalue weighted by Gasteiger charge is 2.12. The molecule has 1 unspecified atom stereocenters. The lowest BCUT2D eigenvalue weighted by atomic mass is 10.1. The van der Waals surface area contributed by atoms with Gasteiger partial charge in [-0.1, -0.05) is 24.3 Å². The summed E-state index contributed by atoms with van der Waals surface area (Å²) < 4.78 is 5.96. The van der Waals surface area contributed by atoms with E-state index in [1.54, 1.807) is 13.0 Å². The van der Waals surface area contributed by atoms with Crippen LogP contribution in [-0.4, -0.2) is 19.9 Å². The number of nitrogens with zero attached hydrogens (tertiary/aromatic N) is 1. The Morgan fingerprint density at radius 3 is 2.24 bits per heavy atom. The molecule has 0 N–H and O–H groups in total. The summed E-state index contributed by atoms with van der Waals surface area (Å²) in [5.41, 5.74) is 2.85. The van der Waals surface area contributed by atoms with E-state index in [0.29, 0.717) is 11.3 Å². The Balaban J connectivity index is 2.18. The minimum absolute atomic E-state index is 0.0146. The summed E-state index contributed by atoms with van der Waals surface area (Å²) >= 11 is 0. The van der Waals surface area contributed by atoms with Gasteiger partial charge in [0.15, 0.2) is 5.78 Å². The zero-order chi connectivity index (χ0) is 15.4. The average molecular weight is 283 g/mol. The number of ether oxygens (including phenoxy) is 1. The molecule has 3 nitrogen and oxygen atoms in total. The van der Waals surface area contributed by atoms with Crippen LogP contribution >= 0.6 is 0 Å². The number of carbonyl (C=O) groups is 1. The van der Waals surface area contributed by atoms with Gasteiger partial charge in [-0.2, -0.15) is 0 Å². The fraction of sp³-hybridized carbons (Fsp3) is 0.278. The van der Waals surface area contributed by atoms with Crippen LogP contribution in [-0.2, 0) is 0 Å². The molecule has 2 rings (SSSR count). The van der Waals surface area contributed by atoms with Crippen molar-refractivity contribution in [2.75, 3.05) is 19.0 Å². The first-order chi connectivity index (χ1) is 9.99. The summed E-state index contributed by atoms with van der Waals surface area (Å²) in [6.45, 7) is 3.54. The molecule has 21 heavy (non-hydrogen) atoms. The highest BCUT2D eigenvalue weighted by Crippen LogP contribution is 2.26.